The first-order valence-electron chi connectivity index (χ1n) is 8.06. The van der Waals surface area contributed by atoms with Gasteiger partial charge in [0, 0.05) is 11.3 Å². The van der Waals surface area contributed by atoms with Crippen molar-refractivity contribution in [2.24, 2.45) is 5.92 Å². The lowest BCUT2D eigenvalue weighted by Crippen LogP contribution is -2.34. The highest BCUT2D eigenvalue weighted by Gasteiger charge is 2.29. The van der Waals surface area contributed by atoms with Crippen LogP contribution in [-0.2, 0) is 6.42 Å². The van der Waals surface area contributed by atoms with Crippen LogP contribution >= 0.6 is 0 Å². The number of aromatic nitrogens is 1. The number of benzene rings is 2. The first kappa shape index (κ1) is 12.2. The summed E-state index contributed by atoms with van der Waals surface area (Å²) >= 11 is 0. The summed E-state index contributed by atoms with van der Waals surface area (Å²) in [4.78, 5) is 5.02. The molecule has 2 unspecified atom stereocenters. The van der Waals surface area contributed by atoms with E-state index in [4.69, 9.17) is 4.98 Å². The fourth-order valence-corrected chi connectivity index (χ4v) is 4.00. The van der Waals surface area contributed by atoms with Crippen molar-refractivity contribution in [1.29, 1.82) is 0 Å². The zero-order chi connectivity index (χ0) is 14.5. The fraction of sp³-hybridized carbons (Fsp3) is 0.190. The van der Waals surface area contributed by atoms with E-state index < -0.39 is 0 Å². The summed E-state index contributed by atoms with van der Waals surface area (Å²) in [5.41, 5.74) is 3.85. The highest BCUT2D eigenvalue weighted by atomic mass is 14.7. The third kappa shape index (κ3) is 1.75. The summed E-state index contributed by atoms with van der Waals surface area (Å²) < 4.78 is 0. The third-order valence-electron chi connectivity index (χ3n) is 5.11. The summed E-state index contributed by atoms with van der Waals surface area (Å²) in [5.74, 6) is 1.03. The normalized spacial score (nSPS) is 22.0. The van der Waals surface area contributed by atoms with Crippen molar-refractivity contribution in [3.8, 4) is 0 Å². The number of aryl methyl sites for hydroxylation is 1. The number of hydrogen-bond donors (Lipinski definition) is 0. The van der Waals surface area contributed by atoms with Crippen molar-refractivity contribution in [3.05, 3.63) is 76.3 Å². The lowest BCUT2D eigenvalue weighted by molar-refractivity contribution is 0.529. The van der Waals surface area contributed by atoms with E-state index in [-0.39, 0.29) is 0 Å². The van der Waals surface area contributed by atoms with Crippen molar-refractivity contribution in [3.63, 3.8) is 0 Å². The van der Waals surface area contributed by atoms with Crippen molar-refractivity contribution < 1.29 is 0 Å². The molecule has 0 saturated heterocycles. The molecule has 2 aliphatic rings. The largest absolute Gasteiger partial charge is 0.252 e. The Balaban J connectivity index is 1.76. The molecule has 2 aliphatic carbocycles. The molecule has 1 nitrogen and oxygen atoms in total. The van der Waals surface area contributed by atoms with Gasteiger partial charge in [-0.05, 0) is 46.9 Å². The molecule has 0 radical (unpaired) electrons. The monoisotopic (exact) mass is 283 g/mol. The van der Waals surface area contributed by atoms with Gasteiger partial charge in [-0.25, -0.2) is 0 Å². The van der Waals surface area contributed by atoms with Crippen molar-refractivity contribution >= 4 is 23.1 Å². The molecular weight excluding hydrogens is 266 g/mol. The maximum atomic E-state index is 5.02. The summed E-state index contributed by atoms with van der Waals surface area (Å²) in [6.07, 6.45) is 7.25. The Hall–Kier alpha value is -2.41. The summed E-state index contributed by atoms with van der Waals surface area (Å²) in [7, 11) is 0. The number of hydrogen-bond acceptors (Lipinski definition) is 1. The van der Waals surface area contributed by atoms with Crippen LogP contribution in [0.25, 0.3) is 23.1 Å². The average Bonchev–Trinajstić information content (AvgIpc) is 2.58. The van der Waals surface area contributed by atoms with Crippen LogP contribution in [0.3, 0.4) is 0 Å². The van der Waals surface area contributed by atoms with Crippen LogP contribution in [0.4, 0.5) is 0 Å². The number of nitrogens with zero attached hydrogens (tertiary/aromatic N) is 1. The lowest BCUT2D eigenvalue weighted by atomic mass is 9.75. The van der Waals surface area contributed by atoms with Crippen LogP contribution in [0.1, 0.15) is 23.6 Å². The minimum atomic E-state index is 0.434. The molecule has 1 heteroatoms. The van der Waals surface area contributed by atoms with Crippen LogP contribution in [0.15, 0.2) is 54.6 Å². The van der Waals surface area contributed by atoms with Gasteiger partial charge in [-0.3, -0.25) is 4.98 Å². The molecule has 1 heterocycles. The van der Waals surface area contributed by atoms with Crippen molar-refractivity contribution in [1.82, 2.24) is 4.98 Å². The maximum Gasteiger partial charge on any atom is 0.0705 e. The molecule has 22 heavy (non-hydrogen) atoms. The molecule has 1 aromatic heterocycles. The van der Waals surface area contributed by atoms with Crippen LogP contribution < -0.4 is 10.4 Å². The quantitative estimate of drug-likeness (QED) is 0.617. The Morgan fingerprint density at radius 1 is 0.864 bits per heavy atom. The highest BCUT2D eigenvalue weighted by molar-refractivity contribution is 5.80. The number of para-hydroxylation sites is 1. The van der Waals surface area contributed by atoms with Gasteiger partial charge in [0.05, 0.1) is 11.2 Å². The second kappa shape index (κ2) is 4.54. The van der Waals surface area contributed by atoms with E-state index in [2.05, 4.69) is 66.7 Å². The van der Waals surface area contributed by atoms with Crippen LogP contribution in [0, 0.1) is 5.92 Å². The van der Waals surface area contributed by atoms with Gasteiger partial charge in [0.2, 0.25) is 0 Å². The van der Waals surface area contributed by atoms with E-state index in [0.29, 0.717) is 11.8 Å². The molecule has 0 bridgehead atoms. The molecule has 0 spiro atoms. The Labute approximate surface area is 129 Å². The van der Waals surface area contributed by atoms with E-state index in [9.17, 15) is 0 Å². The zero-order valence-corrected chi connectivity index (χ0v) is 12.4. The topological polar surface area (TPSA) is 12.9 Å². The Kier molecular flexibility index (Phi) is 2.51. The number of rotatable bonds is 0. The summed E-state index contributed by atoms with van der Waals surface area (Å²) in [6.45, 7) is 0. The van der Waals surface area contributed by atoms with Gasteiger partial charge in [-0.2, -0.15) is 0 Å². The second-order valence-electron chi connectivity index (χ2n) is 6.42. The Morgan fingerprint density at radius 2 is 1.64 bits per heavy atom. The number of pyridine rings is 1. The number of fused-ring (bicyclic) bond motifs is 5. The van der Waals surface area contributed by atoms with Gasteiger partial charge < -0.3 is 0 Å². The molecule has 2 aromatic carbocycles. The van der Waals surface area contributed by atoms with Crippen LogP contribution in [0.5, 0.6) is 0 Å². The molecule has 3 aromatic rings. The van der Waals surface area contributed by atoms with Gasteiger partial charge in [-0.1, -0.05) is 54.6 Å². The van der Waals surface area contributed by atoms with E-state index in [1.807, 2.05) is 0 Å². The highest BCUT2D eigenvalue weighted by Crippen LogP contribution is 2.39. The second-order valence-corrected chi connectivity index (χ2v) is 6.42. The maximum absolute atomic E-state index is 5.02. The van der Waals surface area contributed by atoms with E-state index in [0.717, 1.165) is 11.9 Å². The smallest absolute Gasteiger partial charge is 0.0705 e. The molecule has 0 aliphatic heterocycles. The molecular formula is C21H17N. The van der Waals surface area contributed by atoms with Gasteiger partial charge in [0.15, 0.2) is 0 Å². The average molecular weight is 283 g/mol. The van der Waals surface area contributed by atoms with Crippen LogP contribution in [0.2, 0.25) is 0 Å². The van der Waals surface area contributed by atoms with Crippen molar-refractivity contribution in [2.75, 3.05) is 0 Å². The first-order chi connectivity index (χ1) is 10.9. The van der Waals surface area contributed by atoms with Crippen LogP contribution in [-0.4, -0.2) is 4.98 Å². The minimum Gasteiger partial charge on any atom is -0.252 e. The summed E-state index contributed by atoms with van der Waals surface area (Å²) in [5, 5.41) is 4.00. The van der Waals surface area contributed by atoms with E-state index >= 15 is 0 Å². The lowest BCUT2D eigenvalue weighted by Gasteiger charge is -2.31. The SMILES string of the molecule is C1=c2ccccc2=CC2c3nc4ccccc4cc3CCC12. The third-order valence-corrected chi connectivity index (χ3v) is 5.11. The van der Waals surface area contributed by atoms with E-state index in [1.54, 1.807) is 0 Å². The molecule has 0 amide bonds. The fourth-order valence-electron chi connectivity index (χ4n) is 4.00. The molecule has 0 saturated carbocycles. The van der Waals surface area contributed by atoms with Gasteiger partial charge >= 0.3 is 0 Å². The summed E-state index contributed by atoms with van der Waals surface area (Å²) in [6, 6.07) is 19.5. The van der Waals surface area contributed by atoms with Gasteiger partial charge in [-0.15, -0.1) is 0 Å². The Bertz CT molecular complexity index is 1000. The molecule has 2 atom stereocenters. The van der Waals surface area contributed by atoms with Gasteiger partial charge in [0.1, 0.15) is 0 Å². The Morgan fingerprint density at radius 3 is 2.55 bits per heavy atom. The van der Waals surface area contributed by atoms with E-state index in [1.165, 1.54) is 33.5 Å². The van der Waals surface area contributed by atoms with Gasteiger partial charge in [0.25, 0.3) is 0 Å². The van der Waals surface area contributed by atoms with Crippen molar-refractivity contribution in [2.45, 2.75) is 18.8 Å². The predicted molar refractivity (Wildman–Crippen MR) is 90.9 cm³/mol. The zero-order valence-electron chi connectivity index (χ0n) is 12.4. The minimum absolute atomic E-state index is 0.434. The molecule has 106 valence electrons. The first-order valence-corrected chi connectivity index (χ1v) is 8.06. The predicted octanol–water partition coefficient (Wildman–Crippen LogP) is 3.16. The molecule has 0 N–H and O–H groups in total. The standard InChI is InChI=1S/C21H17N/c1-2-6-15-13-19-16(11-14(15)5-1)9-10-18-12-17-7-3-4-8-20(17)22-21(18)19/h1-8,11-13,16,19H,9-10H2. The molecule has 5 rings (SSSR count). The molecule has 0 fully saturated rings.